The van der Waals surface area contributed by atoms with Crippen molar-refractivity contribution in [2.75, 3.05) is 25.0 Å². The third-order valence-electron chi connectivity index (χ3n) is 6.24. The number of rotatable bonds is 2. The van der Waals surface area contributed by atoms with E-state index in [0.29, 0.717) is 23.4 Å². The topological polar surface area (TPSA) is 52.7 Å². The second-order valence-electron chi connectivity index (χ2n) is 8.13. The second-order valence-corrected chi connectivity index (χ2v) is 8.57. The number of urea groups is 1. The predicted molar refractivity (Wildman–Crippen MR) is 102 cm³/mol. The third kappa shape index (κ3) is 3.54. The van der Waals surface area contributed by atoms with Crippen molar-refractivity contribution in [3.63, 3.8) is 0 Å². The number of nitrogens with zero attached hydrogens (tertiary/aromatic N) is 2. The first-order chi connectivity index (χ1) is 12.5. The number of likely N-dealkylation sites (tertiary alicyclic amines) is 2. The van der Waals surface area contributed by atoms with Crippen molar-refractivity contribution in [2.24, 2.45) is 5.41 Å². The Morgan fingerprint density at radius 2 is 1.96 bits per heavy atom. The fraction of sp³-hybridized carbons (Fsp3) is 0.600. The minimum absolute atomic E-state index is 0.0591. The maximum absolute atomic E-state index is 12.6. The van der Waals surface area contributed by atoms with Gasteiger partial charge in [-0.25, -0.2) is 4.79 Å². The van der Waals surface area contributed by atoms with Gasteiger partial charge < -0.3 is 15.1 Å². The zero-order valence-corrected chi connectivity index (χ0v) is 16.0. The Bertz CT molecular complexity index is 724. The summed E-state index contributed by atoms with van der Waals surface area (Å²) in [7, 11) is 0. The Labute approximate surface area is 159 Å². The average Bonchev–Trinajstić information content (AvgIpc) is 3.46. The molecule has 0 aromatic heterocycles. The van der Waals surface area contributed by atoms with Crippen LogP contribution in [0.15, 0.2) is 18.2 Å². The first kappa shape index (κ1) is 17.7. The molecule has 2 heterocycles. The summed E-state index contributed by atoms with van der Waals surface area (Å²) in [6, 6.07) is 5.96. The molecule has 5 nitrogen and oxygen atoms in total. The zero-order chi connectivity index (χ0) is 18.3. The van der Waals surface area contributed by atoms with E-state index in [-0.39, 0.29) is 11.4 Å². The molecule has 2 aliphatic heterocycles. The summed E-state index contributed by atoms with van der Waals surface area (Å²) in [6.07, 6.45) is 5.92. The van der Waals surface area contributed by atoms with Crippen LogP contribution in [0, 0.1) is 12.3 Å². The largest absolute Gasteiger partial charge is 0.339 e. The van der Waals surface area contributed by atoms with Crippen LogP contribution in [0.5, 0.6) is 0 Å². The van der Waals surface area contributed by atoms with Gasteiger partial charge in [0.1, 0.15) is 0 Å². The van der Waals surface area contributed by atoms with E-state index in [2.05, 4.69) is 10.2 Å². The number of piperidine rings is 2. The molecule has 0 radical (unpaired) electrons. The number of carbonyl (C=O) groups excluding carboxylic acids is 2. The SMILES string of the molecule is Cc1ccc(Cl)cc1NC(=O)N1CCC2(CCC(=O)N(C3CC3)C2)CC1. The molecule has 1 spiro atoms. The molecule has 3 aliphatic rings. The van der Waals surface area contributed by atoms with Crippen LogP contribution in [-0.2, 0) is 4.79 Å². The van der Waals surface area contributed by atoms with E-state index in [1.165, 1.54) is 0 Å². The fourth-order valence-corrected chi connectivity index (χ4v) is 4.45. The molecule has 140 valence electrons. The van der Waals surface area contributed by atoms with E-state index >= 15 is 0 Å². The van der Waals surface area contributed by atoms with E-state index in [4.69, 9.17) is 11.6 Å². The van der Waals surface area contributed by atoms with Crippen LogP contribution in [0.2, 0.25) is 5.02 Å². The quantitative estimate of drug-likeness (QED) is 0.847. The highest BCUT2D eigenvalue weighted by Gasteiger charge is 2.45. The Kier molecular flexibility index (Phi) is 4.59. The number of carbonyl (C=O) groups is 2. The summed E-state index contributed by atoms with van der Waals surface area (Å²) in [4.78, 5) is 28.8. The summed E-state index contributed by atoms with van der Waals surface area (Å²) in [5, 5.41) is 3.62. The maximum Gasteiger partial charge on any atom is 0.321 e. The highest BCUT2D eigenvalue weighted by Crippen LogP contribution is 2.43. The van der Waals surface area contributed by atoms with Crippen LogP contribution in [0.1, 0.15) is 44.1 Å². The summed E-state index contributed by atoms with van der Waals surface area (Å²) >= 11 is 6.04. The maximum atomic E-state index is 12.6. The summed E-state index contributed by atoms with van der Waals surface area (Å²) in [5.74, 6) is 0.328. The van der Waals surface area contributed by atoms with Crippen molar-refractivity contribution in [3.8, 4) is 0 Å². The van der Waals surface area contributed by atoms with Gasteiger partial charge >= 0.3 is 6.03 Å². The Morgan fingerprint density at radius 3 is 2.65 bits per heavy atom. The molecule has 0 atom stereocenters. The first-order valence-electron chi connectivity index (χ1n) is 9.57. The number of halogens is 1. The van der Waals surface area contributed by atoms with Gasteiger partial charge in [0.05, 0.1) is 0 Å². The van der Waals surface area contributed by atoms with Crippen molar-refractivity contribution in [1.29, 1.82) is 0 Å². The normalized spacial score (nSPS) is 22.6. The molecule has 0 bridgehead atoms. The Balaban J connectivity index is 1.36. The van der Waals surface area contributed by atoms with E-state index in [9.17, 15) is 9.59 Å². The Hall–Kier alpha value is -1.75. The number of aryl methyl sites for hydroxylation is 1. The van der Waals surface area contributed by atoms with Crippen LogP contribution in [0.4, 0.5) is 10.5 Å². The lowest BCUT2D eigenvalue weighted by Gasteiger charge is -2.47. The molecule has 1 N–H and O–H groups in total. The van der Waals surface area contributed by atoms with Crippen molar-refractivity contribution in [2.45, 2.75) is 51.5 Å². The van der Waals surface area contributed by atoms with Crippen molar-refractivity contribution in [3.05, 3.63) is 28.8 Å². The van der Waals surface area contributed by atoms with Gasteiger partial charge in [0.15, 0.2) is 0 Å². The van der Waals surface area contributed by atoms with Crippen molar-refractivity contribution < 1.29 is 9.59 Å². The molecule has 1 saturated carbocycles. The highest BCUT2D eigenvalue weighted by molar-refractivity contribution is 6.31. The second kappa shape index (κ2) is 6.76. The standard InChI is InChI=1S/C20H26ClN3O2/c1-14-2-3-15(21)12-17(14)22-19(26)23-10-8-20(9-11-23)7-6-18(25)24(13-20)16-4-5-16/h2-3,12,16H,4-11,13H2,1H3,(H,22,26). The minimum atomic E-state index is -0.0591. The van der Waals surface area contributed by atoms with E-state index in [0.717, 1.165) is 63.0 Å². The molecule has 1 aromatic carbocycles. The zero-order valence-electron chi connectivity index (χ0n) is 15.3. The molecule has 6 heteroatoms. The Morgan fingerprint density at radius 1 is 1.23 bits per heavy atom. The molecule has 4 rings (SSSR count). The van der Waals surface area contributed by atoms with Crippen LogP contribution >= 0.6 is 11.6 Å². The molecule has 26 heavy (non-hydrogen) atoms. The fourth-order valence-electron chi connectivity index (χ4n) is 4.28. The summed E-state index contributed by atoms with van der Waals surface area (Å²) in [6.45, 7) is 4.35. The molecule has 3 fully saturated rings. The molecule has 1 aliphatic carbocycles. The van der Waals surface area contributed by atoms with Gasteiger partial charge in [0.25, 0.3) is 0 Å². The van der Waals surface area contributed by atoms with Gasteiger partial charge in [-0.15, -0.1) is 0 Å². The monoisotopic (exact) mass is 375 g/mol. The van der Waals surface area contributed by atoms with Crippen LogP contribution in [0.25, 0.3) is 0 Å². The van der Waals surface area contributed by atoms with E-state index in [1.54, 1.807) is 6.07 Å². The van der Waals surface area contributed by atoms with E-state index in [1.807, 2.05) is 24.0 Å². The average molecular weight is 376 g/mol. The number of anilines is 1. The predicted octanol–water partition coefficient (Wildman–Crippen LogP) is 4.05. The third-order valence-corrected chi connectivity index (χ3v) is 6.47. The van der Waals surface area contributed by atoms with E-state index < -0.39 is 0 Å². The smallest absolute Gasteiger partial charge is 0.321 e. The number of amides is 3. The van der Waals surface area contributed by atoms with Crippen LogP contribution < -0.4 is 5.32 Å². The highest BCUT2D eigenvalue weighted by atomic mass is 35.5. The molecule has 2 saturated heterocycles. The molecule has 3 amide bonds. The van der Waals surface area contributed by atoms with Gasteiger partial charge in [0.2, 0.25) is 5.91 Å². The van der Waals surface area contributed by atoms with Gasteiger partial charge in [-0.1, -0.05) is 17.7 Å². The lowest BCUT2D eigenvalue weighted by Crippen LogP contribution is -2.53. The number of benzene rings is 1. The van der Waals surface area contributed by atoms with Crippen LogP contribution in [-0.4, -0.2) is 47.4 Å². The summed E-state index contributed by atoms with van der Waals surface area (Å²) < 4.78 is 0. The molecular weight excluding hydrogens is 350 g/mol. The van der Waals surface area contributed by atoms with Gasteiger partial charge in [-0.2, -0.15) is 0 Å². The van der Waals surface area contributed by atoms with Gasteiger partial charge in [0, 0.05) is 42.8 Å². The molecule has 1 aromatic rings. The first-order valence-corrected chi connectivity index (χ1v) is 9.95. The van der Waals surface area contributed by atoms with Crippen LogP contribution in [0.3, 0.4) is 0 Å². The molecule has 0 unspecified atom stereocenters. The number of hydrogen-bond donors (Lipinski definition) is 1. The van der Waals surface area contributed by atoms with Crippen molar-refractivity contribution >= 4 is 29.2 Å². The lowest BCUT2D eigenvalue weighted by atomic mass is 9.72. The lowest BCUT2D eigenvalue weighted by molar-refractivity contribution is -0.139. The number of nitrogens with one attached hydrogen (secondary N) is 1. The molecular formula is C20H26ClN3O2. The summed E-state index contributed by atoms with van der Waals surface area (Å²) in [5.41, 5.74) is 1.98. The number of hydrogen-bond acceptors (Lipinski definition) is 2. The van der Waals surface area contributed by atoms with Crippen molar-refractivity contribution in [1.82, 2.24) is 9.80 Å². The van der Waals surface area contributed by atoms with Gasteiger partial charge in [-0.05, 0) is 62.1 Å². The minimum Gasteiger partial charge on any atom is -0.339 e. The van der Waals surface area contributed by atoms with Gasteiger partial charge in [-0.3, -0.25) is 4.79 Å².